The van der Waals surface area contributed by atoms with Gasteiger partial charge in [0.1, 0.15) is 0 Å². The molecule has 0 radical (unpaired) electrons. The molecule has 1 rings (SSSR count). The lowest BCUT2D eigenvalue weighted by Gasteiger charge is -2.44. The van der Waals surface area contributed by atoms with E-state index in [-0.39, 0.29) is 0 Å². The monoisotopic (exact) mass is 522 g/mol. The van der Waals surface area contributed by atoms with Crippen LogP contribution in [0.4, 0.5) is 0 Å². The summed E-state index contributed by atoms with van der Waals surface area (Å²) in [5.41, 5.74) is 0. The molecular formula is C35H71NO. The standard InChI is InChI=1S/C35H71NO/c1-7-11-15-19-23-33(22-18-14-10-4)26-27-37-35-28-31(5)36(32(6)29-35)30-34(24-20-16-12-8-2)25-21-17-13-9-3/h31-35H,7-30H2,1-6H3/t31-,32+,33?,35?. The Morgan fingerprint density at radius 2 is 0.946 bits per heavy atom. The zero-order chi connectivity index (χ0) is 27.1. The summed E-state index contributed by atoms with van der Waals surface area (Å²) in [7, 11) is 0. The lowest BCUT2D eigenvalue weighted by atomic mass is 9.89. The van der Waals surface area contributed by atoms with Crippen LogP contribution in [-0.2, 0) is 4.74 Å². The van der Waals surface area contributed by atoms with Crippen molar-refractivity contribution < 1.29 is 4.74 Å². The summed E-state index contributed by atoms with van der Waals surface area (Å²) in [6, 6.07) is 1.33. The van der Waals surface area contributed by atoms with Crippen molar-refractivity contribution >= 4 is 0 Å². The molecule has 2 unspecified atom stereocenters. The van der Waals surface area contributed by atoms with Gasteiger partial charge in [0.25, 0.3) is 0 Å². The van der Waals surface area contributed by atoms with Crippen LogP contribution in [0.2, 0.25) is 0 Å². The van der Waals surface area contributed by atoms with E-state index in [2.05, 4.69) is 46.4 Å². The predicted octanol–water partition coefficient (Wildman–Crippen LogP) is 11.4. The molecule has 4 atom stereocenters. The van der Waals surface area contributed by atoms with Crippen LogP contribution in [0.1, 0.15) is 183 Å². The highest BCUT2D eigenvalue weighted by Gasteiger charge is 2.32. The van der Waals surface area contributed by atoms with E-state index in [9.17, 15) is 0 Å². The van der Waals surface area contributed by atoms with E-state index in [1.807, 2.05) is 0 Å². The molecule has 1 saturated heterocycles. The molecule has 0 amide bonds. The largest absolute Gasteiger partial charge is 0.378 e. The lowest BCUT2D eigenvalue weighted by Crippen LogP contribution is -2.50. The van der Waals surface area contributed by atoms with E-state index in [1.165, 1.54) is 148 Å². The van der Waals surface area contributed by atoms with E-state index in [4.69, 9.17) is 4.74 Å². The van der Waals surface area contributed by atoms with Crippen molar-refractivity contribution in [1.29, 1.82) is 0 Å². The Labute approximate surface area is 235 Å². The van der Waals surface area contributed by atoms with E-state index in [0.29, 0.717) is 18.2 Å². The molecule has 0 bridgehead atoms. The third-order valence-corrected chi connectivity index (χ3v) is 9.30. The van der Waals surface area contributed by atoms with Gasteiger partial charge in [0.05, 0.1) is 6.10 Å². The first-order valence-electron chi connectivity index (χ1n) is 17.4. The van der Waals surface area contributed by atoms with Crippen LogP contribution in [-0.4, -0.2) is 36.2 Å². The Morgan fingerprint density at radius 1 is 0.541 bits per heavy atom. The Balaban J connectivity index is 2.48. The van der Waals surface area contributed by atoms with Crippen LogP contribution >= 0.6 is 0 Å². The SMILES string of the molecule is CCCCCCC(CCCCC)CCOC1C[C@@H](C)N(CC(CCCCCC)CCCCCC)[C@@H](C)C1. The zero-order valence-corrected chi connectivity index (χ0v) is 26.7. The van der Waals surface area contributed by atoms with Gasteiger partial charge >= 0.3 is 0 Å². The van der Waals surface area contributed by atoms with Crippen LogP contribution in [0.3, 0.4) is 0 Å². The van der Waals surface area contributed by atoms with E-state index >= 15 is 0 Å². The fourth-order valence-electron chi connectivity index (χ4n) is 6.78. The maximum Gasteiger partial charge on any atom is 0.0604 e. The summed E-state index contributed by atoms with van der Waals surface area (Å²) in [5.74, 6) is 1.78. The third kappa shape index (κ3) is 17.3. The molecule has 2 heteroatoms. The van der Waals surface area contributed by atoms with Gasteiger partial charge < -0.3 is 4.74 Å². The van der Waals surface area contributed by atoms with E-state index in [0.717, 1.165) is 18.4 Å². The normalized spacial score (nSPS) is 21.6. The van der Waals surface area contributed by atoms with Crippen molar-refractivity contribution in [2.24, 2.45) is 11.8 Å². The first-order chi connectivity index (χ1) is 18.0. The van der Waals surface area contributed by atoms with Gasteiger partial charge in [-0.3, -0.25) is 4.90 Å². The number of unbranched alkanes of at least 4 members (excludes halogenated alkanes) is 11. The minimum Gasteiger partial charge on any atom is -0.378 e. The highest BCUT2D eigenvalue weighted by molar-refractivity contribution is 4.86. The summed E-state index contributed by atoms with van der Waals surface area (Å²) < 4.78 is 6.60. The second-order valence-electron chi connectivity index (χ2n) is 12.9. The van der Waals surface area contributed by atoms with Gasteiger partial charge in [-0.1, -0.05) is 137 Å². The minimum absolute atomic E-state index is 0.477. The van der Waals surface area contributed by atoms with Crippen LogP contribution in [0.25, 0.3) is 0 Å². The highest BCUT2D eigenvalue weighted by atomic mass is 16.5. The molecule has 222 valence electrons. The first-order valence-corrected chi connectivity index (χ1v) is 17.4. The number of likely N-dealkylation sites (tertiary alicyclic amines) is 1. The number of piperidine rings is 1. The zero-order valence-electron chi connectivity index (χ0n) is 26.7. The topological polar surface area (TPSA) is 12.5 Å². The van der Waals surface area contributed by atoms with Crippen molar-refractivity contribution in [3.05, 3.63) is 0 Å². The third-order valence-electron chi connectivity index (χ3n) is 9.30. The van der Waals surface area contributed by atoms with Crippen molar-refractivity contribution in [2.75, 3.05) is 13.2 Å². The Kier molecular flexibility index (Phi) is 22.5. The molecule has 0 aromatic carbocycles. The quantitative estimate of drug-likeness (QED) is 0.111. The predicted molar refractivity (Wildman–Crippen MR) is 167 cm³/mol. The highest BCUT2D eigenvalue weighted by Crippen LogP contribution is 2.30. The maximum absolute atomic E-state index is 6.60. The van der Waals surface area contributed by atoms with Gasteiger partial charge in [-0.05, 0) is 57.8 Å². The van der Waals surface area contributed by atoms with Gasteiger partial charge in [-0.2, -0.15) is 0 Å². The minimum atomic E-state index is 0.477. The van der Waals surface area contributed by atoms with Crippen LogP contribution in [0, 0.1) is 11.8 Å². The van der Waals surface area contributed by atoms with Crippen LogP contribution < -0.4 is 0 Å². The molecule has 0 spiro atoms. The summed E-state index contributed by atoms with van der Waals surface area (Å²) in [4.78, 5) is 2.87. The van der Waals surface area contributed by atoms with Crippen LogP contribution in [0.15, 0.2) is 0 Å². The number of nitrogens with zero attached hydrogens (tertiary/aromatic N) is 1. The maximum atomic E-state index is 6.60. The number of hydrogen-bond donors (Lipinski definition) is 0. The molecule has 1 aliphatic rings. The second-order valence-corrected chi connectivity index (χ2v) is 12.9. The van der Waals surface area contributed by atoms with E-state index in [1.54, 1.807) is 0 Å². The summed E-state index contributed by atoms with van der Waals surface area (Å²) in [5, 5.41) is 0. The van der Waals surface area contributed by atoms with Crippen molar-refractivity contribution in [3.8, 4) is 0 Å². The molecule has 0 saturated carbocycles. The van der Waals surface area contributed by atoms with Crippen LogP contribution in [0.5, 0.6) is 0 Å². The molecule has 2 nitrogen and oxygen atoms in total. The molecule has 0 aromatic heterocycles. The summed E-state index contributed by atoms with van der Waals surface area (Å²) in [6.07, 6.45) is 31.0. The van der Waals surface area contributed by atoms with Gasteiger partial charge in [0.2, 0.25) is 0 Å². The second kappa shape index (κ2) is 23.8. The first kappa shape index (κ1) is 34.9. The molecule has 1 fully saturated rings. The smallest absolute Gasteiger partial charge is 0.0604 e. The molecule has 0 N–H and O–H groups in total. The number of ether oxygens (including phenoxy) is 1. The molecule has 0 aliphatic carbocycles. The fourth-order valence-corrected chi connectivity index (χ4v) is 6.78. The van der Waals surface area contributed by atoms with Crippen molar-refractivity contribution in [1.82, 2.24) is 4.90 Å². The molecule has 1 aliphatic heterocycles. The van der Waals surface area contributed by atoms with Crippen molar-refractivity contribution in [2.45, 2.75) is 201 Å². The number of hydrogen-bond acceptors (Lipinski definition) is 2. The fraction of sp³-hybridized carbons (Fsp3) is 1.00. The van der Waals surface area contributed by atoms with Gasteiger partial charge in [-0.15, -0.1) is 0 Å². The number of rotatable bonds is 25. The molecule has 1 heterocycles. The molecular weight excluding hydrogens is 450 g/mol. The molecule has 0 aromatic rings. The van der Waals surface area contributed by atoms with Gasteiger partial charge in [0.15, 0.2) is 0 Å². The van der Waals surface area contributed by atoms with E-state index < -0.39 is 0 Å². The average Bonchev–Trinajstić information content (AvgIpc) is 2.88. The lowest BCUT2D eigenvalue weighted by molar-refractivity contribution is -0.0427. The average molecular weight is 522 g/mol. The van der Waals surface area contributed by atoms with Crippen molar-refractivity contribution in [3.63, 3.8) is 0 Å². The Morgan fingerprint density at radius 3 is 1.41 bits per heavy atom. The summed E-state index contributed by atoms with van der Waals surface area (Å²) in [6.45, 7) is 16.6. The Hall–Kier alpha value is -0.0800. The van der Waals surface area contributed by atoms with Gasteiger partial charge in [0, 0.05) is 25.2 Å². The summed E-state index contributed by atoms with van der Waals surface area (Å²) >= 11 is 0. The molecule has 37 heavy (non-hydrogen) atoms. The van der Waals surface area contributed by atoms with Gasteiger partial charge in [-0.25, -0.2) is 0 Å². The Bertz CT molecular complexity index is 456.